The maximum absolute atomic E-state index is 13.3. The van der Waals surface area contributed by atoms with Gasteiger partial charge in [0.25, 0.3) is 0 Å². The van der Waals surface area contributed by atoms with Crippen LogP contribution in [0.1, 0.15) is 47.2 Å². The molecule has 1 amide bonds. The summed E-state index contributed by atoms with van der Waals surface area (Å²) < 4.78 is 45.3. The van der Waals surface area contributed by atoms with Crippen LogP contribution in [0.3, 0.4) is 0 Å². The molecule has 0 radical (unpaired) electrons. The predicted molar refractivity (Wildman–Crippen MR) is 139 cm³/mol. The van der Waals surface area contributed by atoms with E-state index in [0.29, 0.717) is 31.6 Å². The zero-order chi connectivity index (χ0) is 28.0. The zero-order valence-corrected chi connectivity index (χ0v) is 21.1. The summed E-state index contributed by atoms with van der Waals surface area (Å²) in [5.74, 6) is -0.840. The molecule has 3 aromatic rings. The van der Waals surface area contributed by atoms with Crippen molar-refractivity contribution < 1.29 is 37.7 Å². The Labute approximate surface area is 223 Å². The van der Waals surface area contributed by atoms with E-state index in [9.17, 15) is 33.0 Å². The van der Waals surface area contributed by atoms with Crippen molar-refractivity contribution in [2.24, 2.45) is 5.41 Å². The predicted octanol–water partition coefficient (Wildman–Crippen LogP) is 5.94. The molecule has 1 aliphatic heterocycles. The fourth-order valence-corrected chi connectivity index (χ4v) is 4.66. The molecule has 4 rings (SSSR count). The second-order valence-corrected chi connectivity index (χ2v) is 9.65. The van der Waals surface area contributed by atoms with Gasteiger partial charge >= 0.3 is 6.18 Å². The average Bonchev–Trinajstić information content (AvgIpc) is 3.37. The molecule has 1 unspecified atom stereocenters. The molecule has 1 aliphatic rings. The third-order valence-electron chi connectivity index (χ3n) is 6.79. The van der Waals surface area contributed by atoms with Gasteiger partial charge in [0.2, 0.25) is 5.91 Å². The van der Waals surface area contributed by atoms with Crippen LogP contribution < -0.4 is 10.6 Å². The van der Waals surface area contributed by atoms with Crippen molar-refractivity contribution in [1.82, 2.24) is 5.32 Å². The number of carbonyl (C=O) groups excluding carboxylic acids is 2. The number of alkyl halides is 3. The molecule has 7 nitrogen and oxygen atoms in total. The van der Waals surface area contributed by atoms with Crippen molar-refractivity contribution >= 4 is 23.1 Å². The molecule has 0 aliphatic carbocycles. The Kier molecular flexibility index (Phi) is 8.44. The second kappa shape index (κ2) is 11.8. The van der Waals surface area contributed by atoms with Gasteiger partial charge in [0.05, 0.1) is 23.3 Å². The summed E-state index contributed by atoms with van der Waals surface area (Å²) in [6.45, 7) is 0.893. The number of hydrogen-bond donors (Lipinski definition) is 4. The number of ketones is 1. The molecule has 1 fully saturated rings. The minimum Gasteiger partial charge on any atom is -0.508 e. The number of anilines is 2. The quantitative estimate of drug-likeness (QED) is 0.236. The highest BCUT2D eigenvalue weighted by molar-refractivity contribution is 5.96. The number of phenols is 2. The molecule has 3 aromatic carbocycles. The van der Waals surface area contributed by atoms with Crippen LogP contribution in [0, 0.1) is 5.41 Å². The Hall–Kier alpha value is -4.05. The summed E-state index contributed by atoms with van der Waals surface area (Å²) in [5, 5.41) is 24.9. The highest BCUT2D eigenvalue weighted by Gasteiger charge is 2.41. The molecule has 4 N–H and O–H groups in total. The van der Waals surface area contributed by atoms with Crippen molar-refractivity contribution in [3.63, 3.8) is 0 Å². The number of para-hydroxylation sites is 1. The molecule has 0 bridgehead atoms. The van der Waals surface area contributed by atoms with Crippen LogP contribution in [0.2, 0.25) is 0 Å². The van der Waals surface area contributed by atoms with Gasteiger partial charge < -0.3 is 25.6 Å². The number of aromatic hydroxyl groups is 2. The molecule has 10 heteroatoms. The molecular weight excluding hydrogens is 513 g/mol. The normalized spacial score (nSPS) is 17.1. The number of halogens is 3. The van der Waals surface area contributed by atoms with Crippen LogP contribution >= 0.6 is 0 Å². The Bertz CT molecular complexity index is 1300. The number of carbonyl (C=O) groups is 2. The maximum Gasteiger partial charge on any atom is 0.418 e. The lowest BCUT2D eigenvalue weighted by molar-refractivity contribution is -0.137. The molecular formula is C29H29F3N2O5. The first-order valence-corrected chi connectivity index (χ1v) is 12.5. The highest BCUT2D eigenvalue weighted by atomic mass is 19.4. The van der Waals surface area contributed by atoms with Gasteiger partial charge in [0, 0.05) is 36.9 Å². The molecule has 206 valence electrons. The SMILES string of the molecule is O=C(CCCC1(C(=O)NCc2ccc(Nc3ccccc3C(F)(F)F)cc2)CCOC1)c1cc(O)cc(O)c1. The third kappa shape index (κ3) is 7.08. The molecule has 0 saturated carbocycles. The van der Waals surface area contributed by atoms with E-state index in [1.165, 1.54) is 30.3 Å². The van der Waals surface area contributed by atoms with Crippen LogP contribution in [-0.2, 0) is 22.3 Å². The van der Waals surface area contributed by atoms with E-state index in [0.717, 1.165) is 17.7 Å². The van der Waals surface area contributed by atoms with Gasteiger partial charge in [-0.05, 0) is 61.2 Å². The molecule has 1 atom stereocenters. The van der Waals surface area contributed by atoms with Crippen LogP contribution in [0.5, 0.6) is 11.5 Å². The number of amides is 1. The Morgan fingerprint density at radius 3 is 2.31 bits per heavy atom. The largest absolute Gasteiger partial charge is 0.508 e. The lowest BCUT2D eigenvalue weighted by atomic mass is 9.80. The van der Waals surface area contributed by atoms with Gasteiger partial charge in [-0.25, -0.2) is 0 Å². The number of Topliss-reactive ketones (excluding diaryl/α,β-unsaturated/α-hetero) is 1. The van der Waals surface area contributed by atoms with E-state index in [1.54, 1.807) is 24.3 Å². The van der Waals surface area contributed by atoms with Crippen molar-refractivity contribution in [2.45, 2.75) is 38.4 Å². The molecule has 1 heterocycles. The fraction of sp³-hybridized carbons (Fsp3) is 0.310. The van der Waals surface area contributed by atoms with Crippen LogP contribution in [0.25, 0.3) is 0 Å². The van der Waals surface area contributed by atoms with Crippen LogP contribution in [-0.4, -0.2) is 35.1 Å². The summed E-state index contributed by atoms with van der Waals surface area (Å²) >= 11 is 0. The first-order valence-electron chi connectivity index (χ1n) is 12.5. The van der Waals surface area contributed by atoms with Gasteiger partial charge in [-0.2, -0.15) is 13.2 Å². The molecule has 1 saturated heterocycles. The summed E-state index contributed by atoms with van der Waals surface area (Å²) in [4.78, 5) is 25.7. The second-order valence-electron chi connectivity index (χ2n) is 9.65. The van der Waals surface area contributed by atoms with Gasteiger partial charge in [-0.1, -0.05) is 24.3 Å². The van der Waals surface area contributed by atoms with E-state index >= 15 is 0 Å². The number of phenolic OH excluding ortho intramolecular Hbond substituents is 2. The number of benzene rings is 3. The number of nitrogens with one attached hydrogen (secondary N) is 2. The Morgan fingerprint density at radius 2 is 1.67 bits per heavy atom. The highest BCUT2D eigenvalue weighted by Crippen LogP contribution is 2.37. The molecule has 0 spiro atoms. The molecule has 39 heavy (non-hydrogen) atoms. The fourth-order valence-electron chi connectivity index (χ4n) is 4.66. The Morgan fingerprint density at radius 1 is 0.974 bits per heavy atom. The zero-order valence-electron chi connectivity index (χ0n) is 21.1. The van der Waals surface area contributed by atoms with Gasteiger partial charge in [-0.3, -0.25) is 9.59 Å². The van der Waals surface area contributed by atoms with Crippen LogP contribution in [0.4, 0.5) is 24.5 Å². The smallest absolute Gasteiger partial charge is 0.418 e. The topological polar surface area (TPSA) is 108 Å². The van der Waals surface area contributed by atoms with Gasteiger partial charge in [0.15, 0.2) is 5.78 Å². The average molecular weight is 543 g/mol. The molecule has 0 aromatic heterocycles. The lowest BCUT2D eigenvalue weighted by Crippen LogP contribution is -2.41. The first kappa shape index (κ1) is 28.0. The van der Waals surface area contributed by atoms with E-state index in [-0.39, 0.29) is 54.0 Å². The van der Waals surface area contributed by atoms with Crippen molar-refractivity contribution in [3.05, 3.63) is 83.4 Å². The minimum atomic E-state index is -4.48. The number of ether oxygens (including phenoxy) is 1. The van der Waals surface area contributed by atoms with Crippen molar-refractivity contribution in [2.75, 3.05) is 18.5 Å². The summed E-state index contributed by atoms with van der Waals surface area (Å²) in [6, 6.07) is 15.7. The van der Waals surface area contributed by atoms with Gasteiger partial charge in [0.1, 0.15) is 11.5 Å². The van der Waals surface area contributed by atoms with E-state index in [2.05, 4.69) is 10.6 Å². The van der Waals surface area contributed by atoms with E-state index < -0.39 is 17.2 Å². The van der Waals surface area contributed by atoms with Gasteiger partial charge in [-0.15, -0.1) is 0 Å². The minimum absolute atomic E-state index is 0.0476. The lowest BCUT2D eigenvalue weighted by Gasteiger charge is -2.26. The summed E-state index contributed by atoms with van der Waals surface area (Å²) in [5.41, 5.74) is -0.128. The number of hydrogen-bond acceptors (Lipinski definition) is 6. The Balaban J connectivity index is 1.32. The van der Waals surface area contributed by atoms with Crippen molar-refractivity contribution in [1.29, 1.82) is 0 Å². The monoisotopic (exact) mass is 542 g/mol. The standard InChI is InChI=1S/C29H29F3N2O5/c30-29(31,32)24-4-1-2-5-25(24)34-21-9-7-19(8-10-21)17-33-27(38)28(12-13-39-18-28)11-3-6-26(37)20-14-22(35)16-23(36)15-20/h1-2,4-5,7-10,14-16,34-36H,3,6,11-13,17-18H2,(H,33,38). The summed E-state index contributed by atoms with van der Waals surface area (Å²) in [7, 11) is 0. The van der Waals surface area contributed by atoms with E-state index in [4.69, 9.17) is 4.74 Å². The van der Waals surface area contributed by atoms with Crippen molar-refractivity contribution in [3.8, 4) is 11.5 Å². The van der Waals surface area contributed by atoms with E-state index in [1.807, 2.05) is 0 Å². The number of rotatable bonds is 10. The first-order chi connectivity index (χ1) is 18.6. The maximum atomic E-state index is 13.3. The summed E-state index contributed by atoms with van der Waals surface area (Å²) in [6.07, 6.45) is -2.97. The third-order valence-corrected chi connectivity index (χ3v) is 6.79. The van der Waals surface area contributed by atoms with Crippen LogP contribution in [0.15, 0.2) is 66.7 Å².